The molecule has 0 aliphatic carbocycles. The number of hydrogen-bond acceptors (Lipinski definition) is 4. The lowest BCUT2D eigenvalue weighted by Gasteiger charge is -2.32. The summed E-state index contributed by atoms with van der Waals surface area (Å²) in [5.74, 6) is 0.248. The zero-order valence-corrected chi connectivity index (χ0v) is 13.7. The van der Waals surface area contributed by atoms with Gasteiger partial charge in [0.1, 0.15) is 5.82 Å². The Morgan fingerprint density at radius 1 is 1.43 bits per heavy atom. The fraction of sp³-hybridized carbons (Fsp3) is 0.562. The van der Waals surface area contributed by atoms with Crippen LogP contribution in [0.1, 0.15) is 18.4 Å². The van der Waals surface area contributed by atoms with Crippen LogP contribution < -0.4 is 10.6 Å². The van der Waals surface area contributed by atoms with E-state index in [2.05, 4.69) is 15.6 Å². The number of pyridine rings is 1. The number of aryl methyl sites for hydroxylation is 1. The summed E-state index contributed by atoms with van der Waals surface area (Å²) in [6.45, 7) is 3.99. The molecule has 1 aromatic rings. The largest absolute Gasteiger partial charge is 0.383 e. The average Bonchev–Trinajstić information content (AvgIpc) is 2.57. The van der Waals surface area contributed by atoms with Crippen molar-refractivity contribution in [3.63, 3.8) is 0 Å². The normalized spacial score (nSPS) is 17.7. The van der Waals surface area contributed by atoms with Crippen molar-refractivity contribution in [3.05, 3.63) is 23.9 Å². The molecule has 1 unspecified atom stereocenters. The van der Waals surface area contributed by atoms with Gasteiger partial charge in [0, 0.05) is 32.9 Å². The molecule has 2 rings (SSSR count). The summed E-state index contributed by atoms with van der Waals surface area (Å²) in [6, 6.07) is 3.54. The summed E-state index contributed by atoms with van der Waals surface area (Å²) < 4.78 is 4.91. The molecule has 23 heavy (non-hydrogen) atoms. The highest BCUT2D eigenvalue weighted by atomic mass is 16.5. The molecular formula is C16H24N4O3. The molecule has 0 saturated carbocycles. The van der Waals surface area contributed by atoms with Crippen LogP contribution in [0, 0.1) is 12.8 Å². The average molecular weight is 320 g/mol. The maximum atomic E-state index is 12.4. The van der Waals surface area contributed by atoms with Crippen molar-refractivity contribution >= 4 is 17.8 Å². The molecule has 1 fully saturated rings. The van der Waals surface area contributed by atoms with Gasteiger partial charge in [-0.15, -0.1) is 0 Å². The van der Waals surface area contributed by atoms with Crippen molar-refractivity contribution in [2.24, 2.45) is 5.92 Å². The lowest BCUT2D eigenvalue weighted by atomic mass is 9.97. The highest BCUT2D eigenvalue weighted by Crippen LogP contribution is 2.18. The second-order valence-electron chi connectivity index (χ2n) is 5.72. The van der Waals surface area contributed by atoms with Gasteiger partial charge in [-0.05, 0) is 31.4 Å². The van der Waals surface area contributed by atoms with Crippen molar-refractivity contribution in [2.45, 2.75) is 19.8 Å². The lowest BCUT2D eigenvalue weighted by Crippen LogP contribution is -2.48. The Bertz CT molecular complexity index is 533. The van der Waals surface area contributed by atoms with Crippen LogP contribution in [0.3, 0.4) is 0 Å². The third-order valence-corrected chi connectivity index (χ3v) is 3.82. The summed E-state index contributed by atoms with van der Waals surface area (Å²) in [5.41, 5.74) is 1.04. The van der Waals surface area contributed by atoms with Crippen LogP contribution in [0.4, 0.5) is 10.6 Å². The van der Waals surface area contributed by atoms with Gasteiger partial charge in [-0.3, -0.25) is 4.79 Å². The number of piperidine rings is 1. The zero-order chi connectivity index (χ0) is 16.7. The number of carbonyl (C=O) groups is 2. The van der Waals surface area contributed by atoms with E-state index in [1.807, 2.05) is 13.0 Å². The van der Waals surface area contributed by atoms with Gasteiger partial charge in [0.2, 0.25) is 5.91 Å². The summed E-state index contributed by atoms with van der Waals surface area (Å²) in [7, 11) is 1.59. The minimum Gasteiger partial charge on any atom is -0.383 e. The first-order valence-corrected chi connectivity index (χ1v) is 7.85. The minimum atomic E-state index is -0.208. The molecule has 0 bridgehead atoms. The van der Waals surface area contributed by atoms with Gasteiger partial charge in [0.05, 0.1) is 12.5 Å². The topological polar surface area (TPSA) is 83.6 Å². The number of carbonyl (C=O) groups excluding carboxylic acids is 2. The summed E-state index contributed by atoms with van der Waals surface area (Å²) in [4.78, 5) is 30.3. The van der Waals surface area contributed by atoms with E-state index in [4.69, 9.17) is 4.74 Å². The van der Waals surface area contributed by atoms with Crippen molar-refractivity contribution in [1.82, 2.24) is 15.2 Å². The van der Waals surface area contributed by atoms with Gasteiger partial charge in [0.25, 0.3) is 0 Å². The SMILES string of the molecule is COCCNC(=O)N1CCCC(C(=O)Nc2ccc(C)cn2)C1. The monoisotopic (exact) mass is 320 g/mol. The van der Waals surface area contributed by atoms with Crippen molar-refractivity contribution < 1.29 is 14.3 Å². The predicted molar refractivity (Wildman–Crippen MR) is 87.2 cm³/mol. The van der Waals surface area contributed by atoms with E-state index in [0.29, 0.717) is 32.1 Å². The molecule has 1 atom stereocenters. The lowest BCUT2D eigenvalue weighted by molar-refractivity contribution is -0.121. The van der Waals surface area contributed by atoms with Gasteiger partial charge < -0.3 is 20.3 Å². The number of likely N-dealkylation sites (tertiary alicyclic amines) is 1. The number of urea groups is 1. The third kappa shape index (κ3) is 5.21. The van der Waals surface area contributed by atoms with Crippen LogP contribution in [0.15, 0.2) is 18.3 Å². The van der Waals surface area contributed by atoms with E-state index in [0.717, 1.165) is 18.4 Å². The summed E-state index contributed by atoms with van der Waals surface area (Å²) in [5, 5.41) is 5.61. The number of anilines is 1. The first-order valence-electron chi connectivity index (χ1n) is 7.85. The second-order valence-corrected chi connectivity index (χ2v) is 5.72. The van der Waals surface area contributed by atoms with Gasteiger partial charge in [0.15, 0.2) is 0 Å². The molecule has 0 radical (unpaired) electrons. The molecule has 7 heteroatoms. The van der Waals surface area contributed by atoms with Crippen molar-refractivity contribution in [2.75, 3.05) is 38.7 Å². The molecule has 1 aliphatic rings. The smallest absolute Gasteiger partial charge is 0.317 e. The van der Waals surface area contributed by atoms with Crippen molar-refractivity contribution in [1.29, 1.82) is 0 Å². The predicted octanol–water partition coefficient (Wildman–Crippen LogP) is 1.40. The Morgan fingerprint density at radius 3 is 2.96 bits per heavy atom. The molecule has 0 spiro atoms. The number of hydrogen-bond donors (Lipinski definition) is 2. The van der Waals surface area contributed by atoms with Crippen molar-refractivity contribution in [3.8, 4) is 0 Å². The van der Waals surface area contributed by atoms with Crippen LogP contribution in [0.25, 0.3) is 0 Å². The van der Waals surface area contributed by atoms with Crippen LogP contribution in [0.5, 0.6) is 0 Å². The quantitative estimate of drug-likeness (QED) is 0.803. The van der Waals surface area contributed by atoms with E-state index in [-0.39, 0.29) is 17.9 Å². The Balaban J connectivity index is 1.85. The maximum Gasteiger partial charge on any atom is 0.317 e. The Hall–Kier alpha value is -2.15. The molecule has 126 valence electrons. The molecule has 1 aliphatic heterocycles. The third-order valence-electron chi connectivity index (χ3n) is 3.82. The van der Waals surface area contributed by atoms with E-state index in [9.17, 15) is 9.59 Å². The molecule has 0 aromatic carbocycles. The highest BCUT2D eigenvalue weighted by molar-refractivity contribution is 5.92. The van der Waals surface area contributed by atoms with E-state index in [1.165, 1.54) is 0 Å². The number of aromatic nitrogens is 1. The Kier molecular flexibility index (Phi) is 6.34. The van der Waals surface area contributed by atoms with Gasteiger partial charge in [-0.25, -0.2) is 9.78 Å². The first-order chi connectivity index (χ1) is 11.1. The van der Waals surface area contributed by atoms with E-state index >= 15 is 0 Å². The first kappa shape index (κ1) is 17.2. The number of ether oxygens (including phenoxy) is 1. The Labute approximate surface area is 136 Å². The van der Waals surface area contributed by atoms with E-state index in [1.54, 1.807) is 24.3 Å². The standard InChI is InChI=1S/C16H24N4O3/c1-12-5-6-14(18-10-12)19-15(21)13-4-3-8-20(11-13)16(22)17-7-9-23-2/h5-6,10,13H,3-4,7-9,11H2,1-2H3,(H,17,22)(H,18,19,21). The number of nitrogens with zero attached hydrogens (tertiary/aromatic N) is 2. The molecule has 2 heterocycles. The van der Waals surface area contributed by atoms with Crippen LogP contribution >= 0.6 is 0 Å². The fourth-order valence-corrected chi connectivity index (χ4v) is 2.52. The minimum absolute atomic E-state index is 0.0873. The molecule has 7 nitrogen and oxygen atoms in total. The summed E-state index contributed by atoms with van der Waals surface area (Å²) in [6.07, 6.45) is 3.31. The van der Waals surface area contributed by atoms with Gasteiger partial charge in [-0.1, -0.05) is 6.07 Å². The second kappa shape index (κ2) is 8.47. The van der Waals surface area contributed by atoms with Crippen LogP contribution in [0.2, 0.25) is 0 Å². The van der Waals surface area contributed by atoms with Crippen LogP contribution in [-0.4, -0.2) is 55.2 Å². The molecule has 1 aromatic heterocycles. The highest BCUT2D eigenvalue weighted by Gasteiger charge is 2.28. The molecule has 2 N–H and O–H groups in total. The van der Waals surface area contributed by atoms with Gasteiger partial charge >= 0.3 is 6.03 Å². The van der Waals surface area contributed by atoms with Crippen LogP contribution in [-0.2, 0) is 9.53 Å². The summed E-state index contributed by atoms with van der Waals surface area (Å²) >= 11 is 0. The number of amides is 3. The van der Waals surface area contributed by atoms with E-state index < -0.39 is 0 Å². The molecule has 1 saturated heterocycles. The molecule has 3 amide bonds. The zero-order valence-electron chi connectivity index (χ0n) is 13.7. The van der Waals surface area contributed by atoms with Gasteiger partial charge in [-0.2, -0.15) is 0 Å². The number of methoxy groups -OCH3 is 1. The fourth-order valence-electron chi connectivity index (χ4n) is 2.52. The Morgan fingerprint density at radius 2 is 2.26 bits per heavy atom. The maximum absolute atomic E-state index is 12.4. The number of nitrogens with one attached hydrogen (secondary N) is 2. The molecular weight excluding hydrogens is 296 g/mol. The number of rotatable bonds is 5.